The summed E-state index contributed by atoms with van der Waals surface area (Å²) in [6, 6.07) is 14.8. The third kappa shape index (κ3) is 8.14. The second kappa shape index (κ2) is 15.6. The van der Waals surface area contributed by atoms with Gasteiger partial charge in [-0.05, 0) is 48.6 Å². The summed E-state index contributed by atoms with van der Waals surface area (Å²) in [6.45, 7) is 0.490. The van der Waals surface area contributed by atoms with Gasteiger partial charge in [-0.1, -0.05) is 34.8 Å². The zero-order valence-corrected chi connectivity index (χ0v) is 29.0. The first-order valence-corrected chi connectivity index (χ1v) is 18.8. The van der Waals surface area contributed by atoms with E-state index in [9.17, 15) is 19.6 Å². The number of anilines is 1. The number of benzene rings is 2. The normalized spacial score (nSPS) is 20.7. The Labute approximate surface area is 290 Å². The van der Waals surface area contributed by atoms with Gasteiger partial charge < -0.3 is 30.4 Å². The molecule has 7 N–H and O–H groups in total. The van der Waals surface area contributed by atoms with Crippen LogP contribution in [0.15, 0.2) is 65.8 Å². The van der Waals surface area contributed by atoms with E-state index in [0.717, 1.165) is 16.5 Å². The van der Waals surface area contributed by atoms with Crippen LogP contribution in [-0.4, -0.2) is 86.4 Å². The Morgan fingerprint density at radius 1 is 1.16 bits per heavy atom. The topological polar surface area (TPSA) is 203 Å². The van der Waals surface area contributed by atoms with E-state index in [1.165, 1.54) is 22.7 Å². The van der Waals surface area contributed by atoms with Crippen molar-refractivity contribution in [1.82, 2.24) is 24.6 Å². The van der Waals surface area contributed by atoms with Crippen LogP contribution in [0.1, 0.15) is 11.8 Å². The summed E-state index contributed by atoms with van der Waals surface area (Å²) >= 11 is 7.48. The summed E-state index contributed by atoms with van der Waals surface area (Å²) < 4.78 is 40.1. The number of rotatable bonds is 16. The lowest BCUT2D eigenvalue weighted by molar-refractivity contribution is -0.746. The SMILES string of the molecule is CSCCOP(=O)(NCCc1c[nH]c2ccccc12)OC[C@H]1O[C@@H]([n+]2cn(CCOc3ccc(Cl)cc3)c3c(=O)[nH]c(N)nc32)C(O)[C@H]1O. The van der Waals surface area contributed by atoms with E-state index < -0.39 is 37.8 Å². The molecule has 0 spiro atoms. The van der Waals surface area contributed by atoms with Gasteiger partial charge in [-0.25, -0.2) is 14.2 Å². The Kier molecular flexibility index (Phi) is 11.3. The number of fused-ring (bicyclic) bond motifs is 2. The third-order valence-corrected chi connectivity index (χ3v) is 10.5. The molecule has 1 aliphatic rings. The quantitative estimate of drug-likeness (QED) is 0.0493. The summed E-state index contributed by atoms with van der Waals surface area (Å²) in [5, 5.41) is 26.7. The first kappa shape index (κ1) is 35.4. The predicted octanol–water partition coefficient (Wildman–Crippen LogP) is 2.76. The van der Waals surface area contributed by atoms with Crippen molar-refractivity contribution in [2.45, 2.75) is 37.5 Å². The number of nitrogens with two attached hydrogens (primary N) is 1. The highest BCUT2D eigenvalue weighted by Crippen LogP contribution is 2.44. The van der Waals surface area contributed by atoms with E-state index in [4.69, 9.17) is 35.9 Å². The van der Waals surface area contributed by atoms with Gasteiger partial charge >= 0.3 is 13.4 Å². The Hall–Kier alpha value is -3.44. The van der Waals surface area contributed by atoms with Crippen molar-refractivity contribution < 1.29 is 37.9 Å². The van der Waals surface area contributed by atoms with Gasteiger partial charge in [0.1, 0.15) is 37.2 Å². The summed E-state index contributed by atoms with van der Waals surface area (Å²) in [5.41, 5.74) is 7.68. The van der Waals surface area contributed by atoms with Crippen molar-refractivity contribution in [3.63, 3.8) is 0 Å². The largest absolute Gasteiger partial charge is 0.490 e. The van der Waals surface area contributed by atoms with Gasteiger partial charge in [-0.2, -0.15) is 11.8 Å². The van der Waals surface area contributed by atoms with E-state index >= 15 is 0 Å². The monoisotopic (exact) mass is 734 g/mol. The molecule has 0 saturated carbocycles. The molecular weight excluding hydrogens is 697 g/mol. The number of hydrogen-bond acceptors (Lipinski definition) is 11. The van der Waals surface area contributed by atoms with Crippen LogP contribution < -0.4 is 25.7 Å². The number of hydrogen-bond donors (Lipinski definition) is 6. The predicted molar refractivity (Wildman–Crippen MR) is 186 cm³/mol. The first-order valence-electron chi connectivity index (χ1n) is 15.5. The van der Waals surface area contributed by atoms with E-state index in [-0.39, 0.29) is 50.0 Å². The molecule has 6 rings (SSSR count). The van der Waals surface area contributed by atoms with Crippen LogP contribution >= 0.6 is 31.1 Å². The van der Waals surface area contributed by atoms with Crippen LogP contribution in [0, 0.1) is 0 Å². The van der Waals surface area contributed by atoms with Gasteiger partial charge in [0.2, 0.25) is 11.7 Å². The van der Waals surface area contributed by atoms with Crippen molar-refractivity contribution in [3.05, 3.63) is 82.0 Å². The molecule has 0 bridgehead atoms. The van der Waals surface area contributed by atoms with E-state index in [1.54, 1.807) is 28.8 Å². The number of imidazole rings is 1. The molecule has 0 radical (unpaired) electrons. The van der Waals surface area contributed by atoms with E-state index in [0.29, 0.717) is 22.9 Å². The first-order chi connectivity index (χ1) is 23.7. The zero-order chi connectivity index (χ0) is 34.5. The van der Waals surface area contributed by atoms with Gasteiger partial charge in [0.05, 0.1) is 13.2 Å². The van der Waals surface area contributed by atoms with Crippen molar-refractivity contribution in [3.8, 4) is 5.75 Å². The highest BCUT2D eigenvalue weighted by molar-refractivity contribution is 7.98. The summed E-state index contributed by atoms with van der Waals surface area (Å²) in [7, 11) is -3.86. The number of para-hydroxylation sites is 1. The molecule has 18 heteroatoms. The number of H-pyrrole nitrogens is 2. The molecule has 1 saturated heterocycles. The van der Waals surface area contributed by atoms with E-state index in [2.05, 4.69) is 20.0 Å². The number of aromatic nitrogens is 5. The van der Waals surface area contributed by atoms with Gasteiger partial charge in [0, 0.05) is 34.4 Å². The molecule has 2 aromatic carbocycles. The highest BCUT2D eigenvalue weighted by atomic mass is 35.5. The number of nitrogen functional groups attached to an aromatic ring is 1. The molecule has 1 aliphatic heterocycles. The molecule has 4 heterocycles. The number of thioether (sulfide) groups is 1. The third-order valence-electron chi connectivity index (χ3n) is 8.05. The van der Waals surface area contributed by atoms with Crippen LogP contribution in [0.3, 0.4) is 0 Å². The van der Waals surface area contributed by atoms with Crippen molar-refractivity contribution >= 4 is 59.1 Å². The molecule has 262 valence electrons. The fourth-order valence-electron chi connectivity index (χ4n) is 5.63. The second-order valence-corrected chi connectivity index (χ2v) is 14.6. The fourth-order valence-corrected chi connectivity index (χ4v) is 7.44. The van der Waals surface area contributed by atoms with Gasteiger partial charge in [-0.15, -0.1) is 0 Å². The van der Waals surface area contributed by atoms with Gasteiger partial charge in [0.15, 0.2) is 6.33 Å². The summed E-state index contributed by atoms with van der Waals surface area (Å²) in [4.78, 5) is 23.0. The second-order valence-electron chi connectivity index (χ2n) is 11.3. The standard InChI is InChI=1S/C31H37ClN7O8PS/c1-49-15-14-45-48(43,35-11-10-19-16-34-23-5-3-2-4-22(19)23)46-17-24-26(40)27(41)30(47-24)39-18-38(25-28(39)36-31(33)37-29(25)42)12-13-44-21-8-6-20(32)7-9-21/h2-9,16,18,24,26-27,30,34,40-41H,10-15,17H2,1H3,(H3-,33,35,36,37,42,43)/p+1/t24-,26+,27?,30-,48?/m1/s1. The number of aliphatic hydroxyl groups excluding tert-OH is 2. The minimum Gasteiger partial charge on any atom is -0.490 e. The average Bonchev–Trinajstić information content (AvgIpc) is 3.75. The minimum atomic E-state index is -3.86. The highest BCUT2D eigenvalue weighted by Gasteiger charge is 2.48. The smallest absolute Gasteiger partial charge is 0.405 e. The van der Waals surface area contributed by atoms with Crippen molar-refractivity contribution in [2.75, 3.05) is 44.1 Å². The number of nitrogens with one attached hydrogen (secondary N) is 3. The molecule has 1 fully saturated rings. The maximum atomic E-state index is 13.8. The van der Waals surface area contributed by atoms with Crippen LogP contribution in [0.2, 0.25) is 5.02 Å². The molecule has 0 amide bonds. The van der Waals surface area contributed by atoms with Gasteiger partial charge in [-0.3, -0.25) is 23.4 Å². The van der Waals surface area contributed by atoms with E-state index in [1.807, 2.05) is 36.7 Å². The molecule has 2 unspecified atom stereocenters. The van der Waals surface area contributed by atoms with Crippen LogP contribution in [0.4, 0.5) is 5.95 Å². The molecule has 3 aromatic heterocycles. The van der Waals surface area contributed by atoms with Gasteiger partial charge in [0.25, 0.3) is 11.5 Å². The Balaban J connectivity index is 1.15. The number of aromatic amines is 2. The number of aliphatic hydroxyl groups is 2. The number of nitrogens with zero attached hydrogens (tertiary/aromatic N) is 3. The van der Waals surface area contributed by atoms with Crippen LogP contribution in [0.25, 0.3) is 22.1 Å². The Morgan fingerprint density at radius 2 is 1.96 bits per heavy atom. The van der Waals surface area contributed by atoms with Crippen molar-refractivity contribution in [2.24, 2.45) is 0 Å². The number of halogens is 1. The molecule has 15 nitrogen and oxygen atoms in total. The number of ether oxygens (including phenoxy) is 2. The zero-order valence-electron chi connectivity index (χ0n) is 26.5. The minimum absolute atomic E-state index is 0.121. The average molecular weight is 735 g/mol. The summed E-state index contributed by atoms with van der Waals surface area (Å²) in [6.07, 6.45) is 0.704. The van der Waals surface area contributed by atoms with Crippen molar-refractivity contribution in [1.29, 1.82) is 0 Å². The Morgan fingerprint density at radius 3 is 2.76 bits per heavy atom. The molecule has 5 aromatic rings. The lowest BCUT2D eigenvalue weighted by Crippen LogP contribution is -2.46. The summed E-state index contributed by atoms with van der Waals surface area (Å²) in [5.74, 6) is 1.03. The van der Waals surface area contributed by atoms with Crippen LogP contribution in [-0.2, 0) is 31.3 Å². The Bertz CT molecular complexity index is 1990. The molecule has 49 heavy (non-hydrogen) atoms. The lowest BCUT2D eigenvalue weighted by Gasteiger charge is -2.22. The molecule has 0 aliphatic carbocycles. The maximum absolute atomic E-state index is 13.8. The maximum Gasteiger partial charge on any atom is 0.405 e. The molecule has 5 atom stereocenters. The molecular formula is C31H38ClN7O8PS+. The lowest BCUT2D eigenvalue weighted by atomic mass is 10.1. The fraction of sp³-hybridized carbons (Fsp3) is 0.387. The van der Waals surface area contributed by atoms with Crippen LogP contribution in [0.5, 0.6) is 5.75 Å².